The second-order valence-electron chi connectivity index (χ2n) is 4.58. The number of nitrogens with zero attached hydrogens (tertiary/aromatic N) is 1. The summed E-state index contributed by atoms with van der Waals surface area (Å²) in [5.41, 5.74) is 0. The summed E-state index contributed by atoms with van der Waals surface area (Å²) in [4.78, 5) is 1.42. The van der Waals surface area contributed by atoms with Crippen LogP contribution in [-0.2, 0) is 0 Å². The second kappa shape index (κ2) is 7.55. The molecule has 0 bridgehead atoms. The molecule has 6 heteroatoms. The Kier molecular flexibility index (Phi) is 6.37. The fourth-order valence-corrected chi connectivity index (χ4v) is 1.92. The number of furan rings is 1. The van der Waals surface area contributed by atoms with E-state index in [1.807, 2.05) is 19.9 Å². The normalized spacial score (nSPS) is 14.0. The van der Waals surface area contributed by atoms with Crippen LogP contribution in [0.5, 0.6) is 0 Å². The predicted octanol–water partition coefficient (Wildman–Crippen LogP) is 3.20. The summed E-state index contributed by atoms with van der Waals surface area (Å²) in [7, 11) is 0. The minimum atomic E-state index is -4.14. The third kappa shape index (κ3) is 6.63. The highest BCUT2D eigenvalue weighted by Crippen LogP contribution is 2.16. The van der Waals surface area contributed by atoms with Crippen LogP contribution in [0.2, 0.25) is 0 Å². The van der Waals surface area contributed by atoms with Gasteiger partial charge in [0.2, 0.25) is 0 Å². The van der Waals surface area contributed by atoms with Gasteiger partial charge >= 0.3 is 6.18 Å². The molecule has 110 valence electrons. The Morgan fingerprint density at radius 3 is 2.63 bits per heavy atom. The van der Waals surface area contributed by atoms with E-state index in [1.54, 1.807) is 12.3 Å². The van der Waals surface area contributed by atoms with Gasteiger partial charge in [-0.1, -0.05) is 6.92 Å². The van der Waals surface area contributed by atoms with Gasteiger partial charge in [0.15, 0.2) is 0 Å². The predicted molar refractivity (Wildman–Crippen MR) is 67.9 cm³/mol. The van der Waals surface area contributed by atoms with Gasteiger partial charge in [-0.2, -0.15) is 13.2 Å². The van der Waals surface area contributed by atoms with Crippen molar-refractivity contribution < 1.29 is 17.6 Å². The van der Waals surface area contributed by atoms with Crippen LogP contribution in [0.4, 0.5) is 13.2 Å². The maximum Gasteiger partial charge on any atom is 0.401 e. The fraction of sp³-hybridized carbons (Fsp3) is 0.692. The van der Waals surface area contributed by atoms with Crippen molar-refractivity contribution in [2.45, 2.75) is 32.5 Å². The second-order valence-corrected chi connectivity index (χ2v) is 4.58. The number of alkyl halides is 3. The molecular weight excluding hydrogens is 257 g/mol. The molecule has 1 rings (SSSR count). The van der Waals surface area contributed by atoms with E-state index in [0.717, 1.165) is 5.76 Å². The van der Waals surface area contributed by atoms with Crippen molar-refractivity contribution in [3.63, 3.8) is 0 Å². The van der Waals surface area contributed by atoms with Gasteiger partial charge in [-0.25, -0.2) is 0 Å². The highest BCUT2D eigenvalue weighted by molar-refractivity contribution is 5.02. The zero-order valence-corrected chi connectivity index (χ0v) is 11.3. The summed E-state index contributed by atoms with van der Waals surface area (Å²) in [6.45, 7) is 4.28. The summed E-state index contributed by atoms with van der Waals surface area (Å²) in [6, 6.07) is 3.64. The molecule has 0 saturated carbocycles. The first-order valence-electron chi connectivity index (χ1n) is 6.48. The first-order chi connectivity index (χ1) is 8.92. The molecule has 1 aromatic rings. The van der Waals surface area contributed by atoms with Crippen molar-refractivity contribution in [1.82, 2.24) is 10.2 Å². The Morgan fingerprint density at radius 2 is 2.11 bits per heavy atom. The van der Waals surface area contributed by atoms with Crippen molar-refractivity contribution in [2.75, 3.05) is 26.2 Å². The number of halogens is 3. The molecule has 1 heterocycles. The van der Waals surface area contributed by atoms with Gasteiger partial charge in [-0.15, -0.1) is 0 Å². The Hall–Kier alpha value is -1.01. The molecular formula is C13H21F3N2O. The zero-order chi connectivity index (χ0) is 14.3. The van der Waals surface area contributed by atoms with E-state index in [9.17, 15) is 13.2 Å². The average molecular weight is 278 g/mol. The number of nitrogens with one attached hydrogen (secondary N) is 1. The molecule has 0 fully saturated rings. The lowest BCUT2D eigenvalue weighted by Crippen LogP contribution is -2.39. The Bertz CT molecular complexity index is 338. The van der Waals surface area contributed by atoms with Crippen molar-refractivity contribution in [1.29, 1.82) is 0 Å². The van der Waals surface area contributed by atoms with Crippen molar-refractivity contribution in [3.05, 3.63) is 24.2 Å². The summed E-state index contributed by atoms with van der Waals surface area (Å²) in [5, 5.41) is 3.16. The molecule has 1 atom stereocenters. The molecule has 0 aromatic carbocycles. The molecule has 0 aliphatic rings. The molecule has 0 saturated heterocycles. The molecule has 0 spiro atoms. The van der Waals surface area contributed by atoms with Crippen LogP contribution in [0.25, 0.3) is 0 Å². The number of rotatable bonds is 8. The van der Waals surface area contributed by atoms with Gasteiger partial charge in [-0.3, -0.25) is 4.90 Å². The molecule has 0 aliphatic carbocycles. The maximum atomic E-state index is 12.4. The average Bonchev–Trinajstić information content (AvgIpc) is 2.80. The van der Waals surface area contributed by atoms with Gasteiger partial charge in [0, 0.05) is 13.1 Å². The Labute approximate surface area is 111 Å². The number of hydrogen-bond donors (Lipinski definition) is 1. The first-order valence-corrected chi connectivity index (χ1v) is 6.48. The largest absolute Gasteiger partial charge is 0.468 e. The summed E-state index contributed by atoms with van der Waals surface area (Å²) < 4.78 is 42.3. The maximum absolute atomic E-state index is 12.4. The van der Waals surface area contributed by atoms with Crippen molar-refractivity contribution in [2.24, 2.45) is 0 Å². The first kappa shape index (κ1) is 16.0. The summed E-state index contributed by atoms with van der Waals surface area (Å²) in [5.74, 6) is 0.790. The van der Waals surface area contributed by atoms with Gasteiger partial charge < -0.3 is 9.73 Å². The highest BCUT2D eigenvalue weighted by Gasteiger charge is 2.30. The fourth-order valence-electron chi connectivity index (χ4n) is 1.92. The topological polar surface area (TPSA) is 28.4 Å². The van der Waals surface area contributed by atoms with E-state index in [-0.39, 0.29) is 6.04 Å². The van der Waals surface area contributed by atoms with Crippen LogP contribution >= 0.6 is 0 Å². The molecule has 0 amide bonds. The summed E-state index contributed by atoms with van der Waals surface area (Å²) in [6.07, 6.45) is -1.84. The monoisotopic (exact) mass is 278 g/mol. The zero-order valence-electron chi connectivity index (χ0n) is 11.3. The lowest BCUT2D eigenvalue weighted by molar-refractivity contribution is -0.145. The van der Waals surface area contributed by atoms with Gasteiger partial charge in [0.05, 0.1) is 18.8 Å². The third-order valence-corrected chi connectivity index (χ3v) is 2.79. The van der Waals surface area contributed by atoms with Gasteiger partial charge in [0.1, 0.15) is 5.76 Å². The minimum Gasteiger partial charge on any atom is -0.468 e. The van der Waals surface area contributed by atoms with Crippen LogP contribution in [0.3, 0.4) is 0 Å². The van der Waals surface area contributed by atoms with E-state index >= 15 is 0 Å². The molecule has 0 radical (unpaired) electrons. The van der Waals surface area contributed by atoms with Crippen molar-refractivity contribution >= 4 is 0 Å². The number of hydrogen-bond acceptors (Lipinski definition) is 3. The quantitative estimate of drug-likeness (QED) is 0.791. The van der Waals surface area contributed by atoms with E-state index < -0.39 is 12.7 Å². The smallest absolute Gasteiger partial charge is 0.401 e. The van der Waals surface area contributed by atoms with Crippen LogP contribution in [-0.4, -0.2) is 37.3 Å². The van der Waals surface area contributed by atoms with Crippen LogP contribution in [0, 0.1) is 0 Å². The lowest BCUT2D eigenvalue weighted by Gasteiger charge is -2.23. The van der Waals surface area contributed by atoms with Crippen LogP contribution in [0.15, 0.2) is 22.8 Å². The van der Waals surface area contributed by atoms with E-state index in [0.29, 0.717) is 26.1 Å². The van der Waals surface area contributed by atoms with Gasteiger partial charge in [0.25, 0.3) is 0 Å². The van der Waals surface area contributed by atoms with Gasteiger partial charge in [-0.05, 0) is 32.0 Å². The van der Waals surface area contributed by atoms with Crippen LogP contribution in [0.1, 0.15) is 32.1 Å². The standard InChI is InChI=1S/C13H21F3N2O/c1-3-7-18(10-13(14,15)16)8-6-17-11(2)12-5-4-9-19-12/h4-5,9,11,17H,3,6-8,10H2,1-2H3. The molecule has 0 aliphatic heterocycles. The minimum absolute atomic E-state index is 0.00404. The SMILES string of the molecule is CCCN(CCNC(C)c1ccco1)CC(F)(F)F. The third-order valence-electron chi connectivity index (χ3n) is 2.79. The lowest BCUT2D eigenvalue weighted by atomic mass is 10.2. The Morgan fingerprint density at radius 1 is 1.37 bits per heavy atom. The van der Waals surface area contributed by atoms with E-state index in [1.165, 1.54) is 4.90 Å². The molecule has 19 heavy (non-hydrogen) atoms. The van der Waals surface area contributed by atoms with Crippen LogP contribution < -0.4 is 5.32 Å². The van der Waals surface area contributed by atoms with Crippen molar-refractivity contribution in [3.8, 4) is 0 Å². The van der Waals surface area contributed by atoms with E-state index in [4.69, 9.17) is 4.42 Å². The molecule has 1 N–H and O–H groups in total. The molecule has 3 nitrogen and oxygen atoms in total. The van der Waals surface area contributed by atoms with E-state index in [2.05, 4.69) is 5.32 Å². The Balaban J connectivity index is 2.31. The highest BCUT2D eigenvalue weighted by atomic mass is 19.4. The molecule has 1 aromatic heterocycles. The molecule has 1 unspecified atom stereocenters. The summed E-state index contributed by atoms with van der Waals surface area (Å²) >= 11 is 0.